The van der Waals surface area contributed by atoms with E-state index in [0.29, 0.717) is 6.61 Å². The first-order chi connectivity index (χ1) is 10.3. The van der Waals surface area contributed by atoms with E-state index in [1.165, 1.54) is 0 Å². The maximum atomic E-state index is 5.73. The summed E-state index contributed by atoms with van der Waals surface area (Å²) in [6.07, 6.45) is 4.06. The van der Waals surface area contributed by atoms with Crippen molar-refractivity contribution in [2.24, 2.45) is 0 Å². The smallest absolute Gasteiger partial charge is 0.137 e. The van der Waals surface area contributed by atoms with Crippen LogP contribution >= 0.6 is 0 Å². The lowest BCUT2D eigenvalue weighted by molar-refractivity contribution is 0.272. The molecule has 0 bridgehead atoms. The summed E-state index contributed by atoms with van der Waals surface area (Å²) in [6.45, 7) is 3.48. The zero-order chi connectivity index (χ0) is 14.5. The third-order valence-corrected chi connectivity index (χ3v) is 3.29. The summed E-state index contributed by atoms with van der Waals surface area (Å²) in [5.74, 6) is 0.902. The Morgan fingerprint density at radius 2 is 1.95 bits per heavy atom. The van der Waals surface area contributed by atoms with Crippen LogP contribution in [0.5, 0.6) is 5.75 Å². The van der Waals surface area contributed by atoms with Crippen molar-refractivity contribution in [3.05, 3.63) is 66.6 Å². The molecule has 0 aliphatic heterocycles. The third kappa shape index (κ3) is 3.61. The van der Waals surface area contributed by atoms with Gasteiger partial charge in [0.2, 0.25) is 0 Å². The number of fused-ring (bicyclic) bond motifs is 1. The minimum atomic E-state index is 0.259. The molecule has 0 radical (unpaired) electrons. The topological polar surface area (TPSA) is 38.6 Å². The van der Waals surface area contributed by atoms with Crippen molar-refractivity contribution in [1.82, 2.24) is 14.7 Å². The molecule has 21 heavy (non-hydrogen) atoms. The Bertz CT molecular complexity index is 660. The van der Waals surface area contributed by atoms with Crippen molar-refractivity contribution in [3.63, 3.8) is 0 Å². The largest absolute Gasteiger partial charge is 0.492 e. The highest BCUT2D eigenvalue weighted by molar-refractivity contribution is 5.39. The van der Waals surface area contributed by atoms with Crippen LogP contribution in [0.1, 0.15) is 12.6 Å². The van der Waals surface area contributed by atoms with Crippen LogP contribution in [0.15, 0.2) is 60.9 Å². The molecular formula is C17H19N3O. The van der Waals surface area contributed by atoms with E-state index in [9.17, 15) is 0 Å². The highest BCUT2D eigenvalue weighted by atomic mass is 16.5. The fourth-order valence-electron chi connectivity index (χ4n) is 2.15. The van der Waals surface area contributed by atoms with Crippen LogP contribution < -0.4 is 10.1 Å². The molecule has 0 unspecified atom stereocenters. The molecule has 4 nitrogen and oxygen atoms in total. The van der Waals surface area contributed by atoms with Gasteiger partial charge in [-0.3, -0.25) is 0 Å². The predicted octanol–water partition coefficient (Wildman–Crippen LogP) is 2.89. The van der Waals surface area contributed by atoms with Gasteiger partial charge in [-0.15, -0.1) is 0 Å². The molecule has 0 saturated heterocycles. The number of benzene rings is 1. The van der Waals surface area contributed by atoms with Gasteiger partial charge in [0, 0.05) is 25.0 Å². The molecule has 3 aromatic rings. The van der Waals surface area contributed by atoms with E-state index >= 15 is 0 Å². The van der Waals surface area contributed by atoms with Crippen LogP contribution in [0.4, 0.5) is 0 Å². The molecule has 1 aromatic carbocycles. The molecule has 0 fully saturated rings. The number of pyridine rings is 1. The quantitative estimate of drug-likeness (QED) is 0.755. The van der Waals surface area contributed by atoms with E-state index in [2.05, 4.69) is 17.2 Å². The van der Waals surface area contributed by atoms with Gasteiger partial charge in [0.25, 0.3) is 0 Å². The van der Waals surface area contributed by atoms with Gasteiger partial charge in [-0.25, -0.2) is 4.98 Å². The number of para-hydroxylation sites is 1. The van der Waals surface area contributed by atoms with E-state index in [4.69, 9.17) is 4.74 Å². The SMILES string of the molecule is C[C@H](COc1ccccc1)NCc1cn2ccccc2n1. The Balaban J connectivity index is 1.50. The fraction of sp³-hybridized carbons (Fsp3) is 0.235. The van der Waals surface area contributed by atoms with Gasteiger partial charge >= 0.3 is 0 Å². The zero-order valence-corrected chi connectivity index (χ0v) is 12.1. The minimum Gasteiger partial charge on any atom is -0.492 e. The normalized spacial score (nSPS) is 12.4. The Labute approximate surface area is 124 Å². The molecule has 0 aliphatic rings. The number of nitrogens with zero attached hydrogens (tertiary/aromatic N) is 2. The van der Waals surface area contributed by atoms with E-state index in [1.54, 1.807) is 0 Å². The van der Waals surface area contributed by atoms with Crippen LogP contribution in [0.25, 0.3) is 5.65 Å². The average molecular weight is 281 g/mol. The number of hydrogen-bond donors (Lipinski definition) is 1. The Kier molecular flexibility index (Phi) is 4.17. The molecule has 0 amide bonds. The van der Waals surface area contributed by atoms with Crippen molar-refractivity contribution < 1.29 is 4.74 Å². The van der Waals surface area contributed by atoms with Crippen LogP contribution in [0.3, 0.4) is 0 Å². The van der Waals surface area contributed by atoms with Crippen LogP contribution in [-0.4, -0.2) is 22.0 Å². The van der Waals surface area contributed by atoms with E-state index in [0.717, 1.165) is 23.6 Å². The molecule has 2 heterocycles. The zero-order valence-electron chi connectivity index (χ0n) is 12.1. The summed E-state index contributed by atoms with van der Waals surface area (Å²) in [4.78, 5) is 4.56. The summed E-state index contributed by atoms with van der Waals surface area (Å²) in [7, 11) is 0. The summed E-state index contributed by atoms with van der Waals surface area (Å²) in [5, 5.41) is 3.43. The predicted molar refractivity (Wildman–Crippen MR) is 83.4 cm³/mol. The van der Waals surface area contributed by atoms with Gasteiger partial charge in [0.1, 0.15) is 18.0 Å². The first-order valence-corrected chi connectivity index (χ1v) is 7.15. The molecule has 0 saturated carbocycles. The van der Waals surface area contributed by atoms with Crippen LogP contribution in [-0.2, 0) is 6.54 Å². The number of rotatable bonds is 6. The van der Waals surface area contributed by atoms with Crippen LogP contribution in [0.2, 0.25) is 0 Å². The lowest BCUT2D eigenvalue weighted by atomic mass is 10.3. The molecule has 4 heteroatoms. The second kappa shape index (κ2) is 6.41. The second-order valence-corrected chi connectivity index (χ2v) is 5.10. The van der Waals surface area contributed by atoms with Crippen molar-refractivity contribution in [2.45, 2.75) is 19.5 Å². The summed E-state index contributed by atoms with van der Waals surface area (Å²) in [6, 6.07) is 16.1. The van der Waals surface area contributed by atoms with E-state index in [1.807, 2.05) is 65.3 Å². The Morgan fingerprint density at radius 1 is 1.14 bits per heavy atom. The first-order valence-electron chi connectivity index (χ1n) is 7.15. The Morgan fingerprint density at radius 3 is 2.76 bits per heavy atom. The molecule has 0 aliphatic carbocycles. The van der Waals surface area contributed by atoms with Crippen molar-refractivity contribution in [1.29, 1.82) is 0 Å². The average Bonchev–Trinajstić information content (AvgIpc) is 2.95. The van der Waals surface area contributed by atoms with Gasteiger partial charge in [-0.1, -0.05) is 24.3 Å². The third-order valence-electron chi connectivity index (χ3n) is 3.29. The van der Waals surface area contributed by atoms with Gasteiger partial charge in [0.15, 0.2) is 0 Å². The number of hydrogen-bond acceptors (Lipinski definition) is 3. The summed E-state index contributed by atoms with van der Waals surface area (Å²) >= 11 is 0. The number of ether oxygens (including phenoxy) is 1. The second-order valence-electron chi connectivity index (χ2n) is 5.10. The van der Waals surface area contributed by atoms with E-state index < -0.39 is 0 Å². The monoisotopic (exact) mass is 281 g/mol. The van der Waals surface area contributed by atoms with Crippen molar-refractivity contribution in [2.75, 3.05) is 6.61 Å². The molecular weight excluding hydrogens is 262 g/mol. The standard InChI is InChI=1S/C17H19N3O/c1-14(13-21-16-7-3-2-4-8-16)18-11-15-12-20-10-6-5-9-17(20)19-15/h2-10,12,14,18H,11,13H2,1H3/t14-/m1/s1. The molecule has 1 atom stereocenters. The van der Waals surface area contributed by atoms with Crippen molar-refractivity contribution >= 4 is 5.65 Å². The lowest BCUT2D eigenvalue weighted by Gasteiger charge is -2.14. The maximum Gasteiger partial charge on any atom is 0.137 e. The first kappa shape index (κ1) is 13.6. The molecule has 3 rings (SSSR count). The molecule has 108 valence electrons. The Hall–Kier alpha value is -2.33. The van der Waals surface area contributed by atoms with Gasteiger partial charge in [-0.2, -0.15) is 0 Å². The van der Waals surface area contributed by atoms with Gasteiger partial charge < -0.3 is 14.5 Å². The van der Waals surface area contributed by atoms with E-state index in [-0.39, 0.29) is 6.04 Å². The van der Waals surface area contributed by atoms with Gasteiger partial charge in [-0.05, 0) is 31.2 Å². The fourth-order valence-corrected chi connectivity index (χ4v) is 2.15. The summed E-state index contributed by atoms with van der Waals surface area (Å²) < 4.78 is 7.76. The van der Waals surface area contributed by atoms with Crippen molar-refractivity contribution in [3.8, 4) is 5.75 Å². The molecule has 2 aromatic heterocycles. The number of nitrogens with one attached hydrogen (secondary N) is 1. The highest BCUT2D eigenvalue weighted by Crippen LogP contribution is 2.09. The molecule has 0 spiro atoms. The molecule has 1 N–H and O–H groups in total. The minimum absolute atomic E-state index is 0.259. The summed E-state index contributed by atoms with van der Waals surface area (Å²) in [5.41, 5.74) is 2.01. The highest BCUT2D eigenvalue weighted by Gasteiger charge is 2.05. The van der Waals surface area contributed by atoms with Crippen LogP contribution in [0, 0.1) is 0 Å². The lowest BCUT2D eigenvalue weighted by Crippen LogP contribution is -2.31. The maximum absolute atomic E-state index is 5.73. The number of aromatic nitrogens is 2. The number of imidazole rings is 1. The van der Waals surface area contributed by atoms with Gasteiger partial charge in [0.05, 0.1) is 5.69 Å².